The number of aryl methyl sites for hydroxylation is 1. The van der Waals surface area contributed by atoms with E-state index in [2.05, 4.69) is 15.3 Å². The van der Waals surface area contributed by atoms with E-state index in [1.807, 2.05) is 18.2 Å². The number of oxazole rings is 1. The minimum atomic E-state index is -0.331. The van der Waals surface area contributed by atoms with Crippen molar-refractivity contribution in [2.45, 2.75) is 12.8 Å². The smallest absolute Gasteiger partial charge is 0.302 e. The summed E-state index contributed by atoms with van der Waals surface area (Å²) < 4.78 is 10.4. The van der Waals surface area contributed by atoms with Gasteiger partial charge < -0.3 is 14.6 Å². The fraction of sp³-hybridized carbons (Fsp3) is 0.133. The van der Waals surface area contributed by atoms with Gasteiger partial charge in [0.2, 0.25) is 11.9 Å². The van der Waals surface area contributed by atoms with E-state index in [0.29, 0.717) is 17.5 Å². The lowest BCUT2D eigenvalue weighted by molar-refractivity contribution is -0.117. The highest BCUT2D eigenvalue weighted by Crippen LogP contribution is 2.17. The summed E-state index contributed by atoms with van der Waals surface area (Å²) in [5.41, 5.74) is 7.94. The molecule has 0 aliphatic heterocycles. The number of anilines is 1. The highest BCUT2D eigenvalue weighted by Gasteiger charge is 2.07. The number of para-hydroxylation sites is 2. The molecule has 0 saturated carbocycles. The van der Waals surface area contributed by atoms with Crippen LogP contribution in [0, 0.1) is 0 Å². The number of amides is 1. The number of nitrogens with zero attached hydrogens (tertiary/aromatic N) is 2. The number of fused-ring (bicyclic) bond motifs is 1. The van der Waals surface area contributed by atoms with Crippen molar-refractivity contribution in [3.8, 4) is 0 Å². The molecule has 7 heteroatoms. The zero-order valence-electron chi connectivity index (χ0n) is 11.7. The van der Waals surface area contributed by atoms with Crippen molar-refractivity contribution < 1.29 is 13.6 Å². The molecule has 112 valence electrons. The number of benzene rings is 1. The monoisotopic (exact) mass is 298 g/mol. The molecule has 0 radical (unpaired) electrons. The normalized spacial score (nSPS) is 11.7. The topological polar surface area (TPSA) is 107 Å². The molecule has 7 nitrogen and oxygen atoms in total. The lowest BCUT2D eigenvalue weighted by atomic mass is 10.2. The lowest BCUT2D eigenvalue weighted by Crippen LogP contribution is -2.24. The van der Waals surface area contributed by atoms with Gasteiger partial charge in [0.1, 0.15) is 5.52 Å². The lowest BCUT2D eigenvalue weighted by Gasteiger charge is -1.99. The van der Waals surface area contributed by atoms with E-state index in [1.165, 1.54) is 0 Å². The number of aliphatic imine (C=N–C) groups is 1. The molecule has 2 heterocycles. The minimum absolute atomic E-state index is 0.0521. The predicted molar refractivity (Wildman–Crippen MR) is 81.3 cm³/mol. The molecular formula is C15H14N4O3. The number of nitrogens with one attached hydrogen (secondary N) is 1. The number of furan rings is 1. The molecule has 0 atom stereocenters. The van der Waals surface area contributed by atoms with E-state index < -0.39 is 0 Å². The molecule has 3 rings (SSSR count). The van der Waals surface area contributed by atoms with Crippen LogP contribution in [0.15, 0.2) is 56.7 Å². The van der Waals surface area contributed by atoms with E-state index >= 15 is 0 Å². The van der Waals surface area contributed by atoms with E-state index in [4.69, 9.17) is 14.6 Å². The number of hydrogen-bond acceptors (Lipinski definition) is 4. The van der Waals surface area contributed by atoms with Crippen molar-refractivity contribution in [1.29, 1.82) is 0 Å². The average molecular weight is 298 g/mol. The van der Waals surface area contributed by atoms with Gasteiger partial charge in [0, 0.05) is 6.42 Å². The Morgan fingerprint density at radius 3 is 2.95 bits per heavy atom. The van der Waals surface area contributed by atoms with Gasteiger partial charge in [-0.25, -0.2) is 0 Å². The van der Waals surface area contributed by atoms with Crippen molar-refractivity contribution >= 4 is 29.0 Å². The highest BCUT2D eigenvalue weighted by molar-refractivity contribution is 5.99. The van der Waals surface area contributed by atoms with Gasteiger partial charge in [0.15, 0.2) is 5.58 Å². The summed E-state index contributed by atoms with van der Waals surface area (Å²) in [5, 5.41) is 2.67. The van der Waals surface area contributed by atoms with Crippen LogP contribution in [0.25, 0.3) is 11.1 Å². The number of carbonyl (C=O) groups excluding carboxylic acids is 1. The first-order chi connectivity index (χ1) is 10.7. The molecule has 1 amide bonds. The van der Waals surface area contributed by atoms with Gasteiger partial charge in [-0.15, -0.1) is 0 Å². The van der Waals surface area contributed by atoms with Crippen LogP contribution in [0.2, 0.25) is 0 Å². The summed E-state index contributed by atoms with van der Waals surface area (Å²) in [6, 6.07) is 9.30. The number of aromatic nitrogens is 1. The summed E-state index contributed by atoms with van der Waals surface area (Å²) in [5.74, 6) is -0.383. The van der Waals surface area contributed by atoms with Gasteiger partial charge in [-0.3, -0.25) is 10.1 Å². The summed E-state index contributed by atoms with van der Waals surface area (Å²) in [6.45, 7) is 0. The van der Waals surface area contributed by atoms with E-state index in [9.17, 15) is 4.79 Å². The Morgan fingerprint density at radius 1 is 1.32 bits per heavy atom. The number of rotatable bonds is 4. The Bertz CT molecular complexity index is 772. The van der Waals surface area contributed by atoms with Gasteiger partial charge in [-0.2, -0.15) is 9.98 Å². The summed E-state index contributed by atoms with van der Waals surface area (Å²) in [6.07, 6.45) is 3.95. The van der Waals surface area contributed by atoms with Crippen LogP contribution < -0.4 is 11.1 Å². The molecule has 0 fully saturated rings. The molecule has 0 aliphatic rings. The molecule has 3 N–H and O–H groups in total. The highest BCUT2D eigenvalue weighted by atomic mass is 16.4. The van der Waals surface area contributed by atoms with Gasteiger partial charge in [0.05, 0.1) is 12.5 Å². The van der Waals surface area contributed by atoms with Crippen LogP contribution in [0.5, 0.6) is 0 Å². The van der Waals surface area contributed by atoms with Crippen LogP contribution in [0.4, 0.5) is 6.01 Å². The molecule has 0 saturated heterocycles. The molecule has 0 bridgehead atoms. The molecular weight excluding hydrogens is 284 g/mol. The molecule has 0 unspecified atom stereocenters. The molecule has 0 aliphatic carbocycles. The van der Waals surface area contributed by atoms with E-state index in [-0.39, 0.29) is 24.3 Å². The van der Waals surface area contributed by atoms with Gasteiger partial charge in [0.25, 0.3) is 0 Å². The summed E-state index contributed by atoms with van der Waals surface area (Å²) in [4.78, 5) is 19.7. The first kappa shape index (κ1) is 13.9. The Morgan fingerprint density at radius 2 is 2.18 bits per heavy atom. The Balaban J connectivity index is 1.60. The third kappa shape index (κ3) is 3.32. The van der Waals surface area contributed by atoms with Crippen LogP contribution in [0.1, 0.15) is 12.0 Å². The first-order valence-corrected chi connectivity index (χ1v) is 6.71. The van der Waals surface area contributed by atoms with Crippen LogP contribution in [-0.4, -0.2) is 16.9 Å². The Labute approximate surface area is 125 Å². The average Bonchev–Trinajstić information content (AvgIpc) is 3.13. The fourth-order valence-electron chi connectivity index (χ4n) is 1.94. The Hall–Kier alpha value is -3.09. The maximum Gasteiger partial charge on any atom is 0.302 e. The van der Waals surface area contributed by atoms with Crippen LogP contribution in [0.3, 0.4) is 0 Å². The van der Waals surface area contributed by atoms with Crippen molar-refractivity contribution in [1.82, 2.24) is 4.98 Å². The minimum Gasteiger partial charge on any atom is -0.472 e. The molecule has 0 spiro atoms. The van der Waals surface area contributed by atoms with Gasteiger partial charge >= 0.3 is 6.01 Å². The second-order valence-electron chi connectivity index (χ2n) is 4.63. The first-order valence-electron chi connectivity index (χ1n) is 6.71. The Kier molecular flexibility index (Phi) is 3.86. The number of hydrogen-bond donors (Lipinski definition) is 2. The van der Waals surface area contributed by atoms with Crippen molar-refractivity contribution in [2.75, 3.05) is 5.32 Å². The number of carbonyl (C=O) groups is 1. The SMILES string of the molecule is N/C(=N\C(=O)CCc1ccoc1)Nc1nc2ccccc2o1. The maximum absolute atomic E-state index is 11.7. The van der Waals surface area contributed by atoms with Crippen molar-refractivity contribution in [3.63, 3.8) is 0 Å². The third-order valence-corrected chi connectivity index (χ3v) is 2.98. The second-order valence-corrected chi connectivity index (χ2v) is 4.63. The second kappa shape index (κ2) is 6.13. The van der Waals surface area contributed by atoms with Gasteiger partial charge in [-0.1, -0.05) is 12.1 Å². The standard InChI is InChI=1S/C15H14N4O3/c16-14(18-13(20)6-5-10-7-8-21-9-10)19-15-17-11-3-1-2-4-12(11)22-15/h1-4,7-9H,5-6H2,(H3,16,17,18,19,20). The predicted octanol–water partition coefficient (Wildman–Crippen LogP) is 2.31. The van der Waals surface area contributed by atoms with Crippen molar-refractivity contribution in [3.05, 3.63) is 48.4 Å². The zero-order valence-corrected chi connectivity index (χ0v) is 11.7. The molecule has 1 aromatic carbocycles. The molecule has 3 aromatic rings. The summed E-state index contributed by atoms with van der Waals surface area (Å²) in [7, 11) is 0. The van der Waals surface area contributed by atoms with Gasteiger partial charge in [-0.05, 0) is 30.2 Å². The molecule has 2 aromatic heterocycles. The number of guanidine groups is 1. The quantitative estimate of drug-likeness (QED) is 0.565. The van der Waals surface area contributed by atoms with Crippen LogP contribution in [-0.2, 0) is 11.2 Å². The largest absolute Gasteiger partial charge is 0.472 e. The maximum atomic E-state index is 11.7. The fourth-order valence-corrected chi connectivity index (χ4v) is 1.94. The van der Waals surface area contributed by atoms with E-state index in [1.54, 1.807) is 24.7 Å². The zero-order chi connectivity index (χ0) is 15.4. The van der Waals surface area contributed by atoms with Crippen LogP contribution >= 0.6 is 0 Å². The third-order valence-electron chi connectivity index (χ3n) is 2.98. The van der Waals surface area contributed by atoms with E-state index in [0.717, 1.165) is 5.56 Å². The summed E-state index contributed by atoms with van der Waals surface area (Å²) >= 11 is 0. The van der Waals surface area contributed by atoms with Crippen molar-refractivity contribution in [2.24, 2.45) is 10.7 Å². The molecule has 22 heavy (non-hydrogen) atoms. The number of nitrogens with two attached hydrogens (primary N) is 1.